The van der Waals surface area contributed by atoms with Crippen molar-refractivity contribution < 1.29 is 4.74 Å². The number of rotatable bonds is 5. The lowest BCUT2D eigenvalue weighted by Gasteiger charge is -2.27. The predicted octanol–water partition coefficient (Wildman–Crippen LogP) is 3.76. The number of ether oxygens (including phenoxy) is 1. The van der Waals surface area contributed by atoms with E-state index in [1.165, 1.54) is 36.0 Å². The van der Waals surface area contributed by atoms with E-state index < -0.39 is 0 Å². The smallest absolute Gasteiger partial charge is 0.122 e. The Balaban J connectivity index is 2.15. The van der Waals surface area contributed by atoms with Crippen molar-refractivity contribution in [2.75, 3.05) is 6.61 Å². The van der Waals surface area contributed by atoms with Crippen LogP contribution in [0.25, 0.3) is 0 Å². The lowest BCUT2D eigenvalue weighted by atomic mass is 9.86. The molecule has 2 heteroatoms. The van der Waals surface area contributed by atoms with Crippen LogP contribution in [0.3, 0.4) is 0 Å². The largest absolute Gasteiger partial charge is 0.493 e. The van der Waals surface area contributed by atoms with Gasteiger partial charge in [0, 0.05) is 5.54 Å². The molecular weight excluding hydrogens is 234 g/mol. The molecule has 0 unspecified atom stereocenters. The molecule has 0 aliphatic heterocycles. The van der Waals surface area contributed by atoms with Crippen LogP contribution < -0.4 is 10.5 Å². The molecule has 1 aliphatic rings. The van der Waals surface area contributed by atoms with Gasteiger partial charge in [-0.25, -0.2) is 0 Å². The first-order chi connectivity index (χ1) is 8.85. The highest BCUT2D eigenvalue weighted by Crippen LogP contribution is 2.30. The third kappa shape index (κ3) is 3.97. The van der Waals surface area contributed by atoms with Crippen molar-refractivity contribution in [1.29, 1.82) is 0 Å². The first kappa shape index (κ1) is 14.4. The summed E-state index contributed by atoms with van der Waals surface area (Å²) in [6, 6.07) is 4.41. The highest BCUT2D eigenvalue weighted by Gasteiger charge is 2.20. The van der Waals surface area contributed by atoms with Crippen LogP contribution in [0.2, 0.25) is 0 Å². The van der Waals surface area contributed by atoms with E-state index in [9.17, 15) is 0 Å². The lowest BCUT2D eigenvalue weighted by molar-refractivity contribution is 0.179. The second-order valence-electron chi connectivity index (χ2n) is 6.82. The molecule has 0 aromatic heterocycles. The van der Waals surface area contributed by atoms with Gasteiger partial charge < -0.3 is 10.5 Å². The van der Waals surface area contributed by atoms with Crippen molar-refractivity contribution in [3.05, 3.63) is 28.8 Å². The molecule has 1 fully saturated rings. The Morgan fingerprint density at radius 1 is 1.21 bits per heavy atom. The summed E-state index contributed by atoms with van der Waals surface area (Å²) < 4.78 is 6.07. The summed E-state index contributed by atoms with van der Waals surface area (Å²) in [5.74, 6) is 1.80. The number of hydrogen-bond donors (Lipinski definition) is 1. The molecule has 0 heterocycles. The maximum absolute atomic E-state index is 6.16. The Hall–Kier alpha value is -1.02. The van der Waals surface area contributed by atoms with Crippen molar-refractivity contribution in [3.63, 3.8) is 0 Å². The van der Waals surface area contributed by atoms with Gasteiger partial charge in [0.15, 0.2) is 0 Å². The summed E-state index contributed by atoms with van der Waals surface area (Å²) in [5.41, 5.74) is 9.82. The zero-order chi connectivity index (χ0) is 14.0. The fourth-order valence-electron chi connectivity index (χ4n) is 2.48. The number of benzene rings is 1. The molecule has 1 saturated carbocycles. The Morgan fingerprint density at radius 3 is 2.37 bits per heavy atom. The van der Waals surface area contributed by atoms with Gasteiger partial charge in [-0.1, -0.05) is 12.5 Å². The van der Waals surface area contributed by atoms with E-state index in [-0.39, 0.29) is 5.54 Å². The molecule has 1 aromatic carbocycles. The van der Waals surface area contributed by atoms with E-state index in [0.29, 0.717) is 0 Å². The molecule has 2 rings (SSSR count). The summed E-state index contributed by atoms with van der Waals surface area (Å²) in [4.78, 5) is 0. The van der Waals surface area contributed by atoms with Gasteiger partial charge in [0.2, 0.25) is 0 Å². The molecule has 1 aliphatic carbocycles. The molecule has 2 nitrogen and oxygen atoms in total. The third-order valence-corrected chi connectivity index (χ3v) is 4.02. The molecule has 1 aromatic rings. The number of hydrogen-bond acceptors (Lipinski definition) is 2. The summed E-state index contributed by atoms with van der Waals surface area (Å²) in [6.07, 6.45) is 4.86. The topological polar surface area (TPSA) is 35.2 Å². The Bertz CT molecular complexity index is 441. The zero-order valence-electron chi connectivity index (χ0n) is 12.8. The maximum Gasteiger partial charge on any atom is 0.122 e. The van der Waals surface area contributed by atoms with Crippen LogP contribution in [0.1, 0.15) is 49.8 Å². The van der Waals surface area contributed by atoms with Gasteiger partial charge in [0.05, 0.1) is 6.61 Å². The van der Waals surface area contributed by atoms with E-state index >= 15 is 0 Å². The number of aryl methyl sites for hydroxylation is 2. The van der Waals surface area contributed by atoms with Gasteiger partial charge in [0.25, 0.3) is 0 Å². The van der Waals surface area contributed by atoms with Gasteiger partial charge >= 0.3 is 0 Å². The Labute approximate surface area is 117 Å². The Kier molecular flexibility index (Phi) is 4.19. The first-order valence-electron chi connectivity index (χ1n) is 7.37. The van der Waals surface area contributed by atoms with Crippen LogP contribution in [0, 0.1) is 19.8 Å². The highest BCUT2D eigenvalue weighted by atomic mass is 16.5. The van der Waals surface area contributed by atoms with Gasteiger partial charge in [-0.3, -0.25) is 0 Å². The molecule has 0 bridgehead atoms. The van der Waals surface area contributed by atoms with Crippen molar-refractivity contribution in [2.45, 2.75) is 58.9 Å². The lowest BCUT2D eigenvalue weighted by Crippen LogP contribution is -2.34. The minimum absolute atomic E-state index is 0.198. The van der Waals surface area contributed by atoms with Gasteiger partial charge in [-0.05, 0) is 75.6 Å². The van der Waals surface area contributed by atoms with Crippen LogP contribution in [0.15, 0.2) is 12.1 Å². The van der Waals surface area contributed by atoms with Crippen LogP contribution in [-0.2, 0) is 6.42 Å². The molecule has 0 amide bonds. The summed E-state index contributed by atoms with van der Waals surface area (Å²) in [7, 11) is 0. The van der Waals surface area contributed by atoms with Crippen molar-refractivity contribution in [1.82, 2.24) is 0 Å². The fraction of sp³-hybridized carbons (Fsp3) is 0.647. The van der Waals surface area contributed by atoms with E-state index in [4.69, 9.17) is 10.5 Å². The van der Waals surface area contributed by atoms with Gasteiger partial charge in [-0.15, -0.1) is 0 Å². The fourth-order valence-corrected chi connectivity index (χ4v) is 2.48. The molecule has 0 saturated heterocycles. The first-order valence-corrected chi connectivity index (χ1v) is 7.37. The molecule has 0 spiro atoms. The quantitative estimate of drug-likeness (QED) is 0.876. The van der Waals surface area contributed by atoms with Crippen LogP contribution in [0.4, 0.5) is 0 Å². The minimum Gasteiger partial charge on any atom is -0.493 e. The molecule has 0 atom stereocenters. The molecule has 19 heavy (non-hydrogen) atoms. The van der Waals surface area contributed by atoms with Crippen LogP contribution in [-0.4, -0.2) is 12.1 Å². The van der Waals surface area contributed by atoms with Gasteiger partial charge in [0.1, 0.15) is 5.75 Å². The second-order valence-corrected chi connectivity index (χ2v) is 6.82. The van der Waals surface area contributed by atoms with Crippen molar-refractivity contribution in [3.8, 4) is 5.75 Å². The van der Waals surface area contributed by atoms with Gasteiger partial charge in [-0.2, -0.15) is 0 Å². The van der Waals surface area contributed by atoms with Crippen molar-refractivity contribution in [2.24, 2.45) is 11.7 Å². The van der Waals surface area contributed by atoms with E-state index in [1.807, 2.05) is 0 Å². The summed E-state index contributed by atoms with van der Waals surface area (Å²) in [5, 5.41) is 0. The average Bonchev–Trinajstić information content (AvgIpc) is 2.20. The third-order valence-electron chi connectivity index (χ3n) is 4.02. The molecule has 2 N–H and O–H groups in total. The van der Waals surface area contributed by atoms with Crippen LogP contribution >= 0.6 is 0 Å². The zero-order valence-corrected chi connectivity index (χ0v) is 12.8. The molecular formula is C17H27NO. The van der Waals surface area contributed by atoms with E-state index in [1.54, 1.807) is 0 Å². The molecule has 106 valence electrons. The monoisotopic (exact) mass is 261 g/mol. The average molecular weight is 261 g/mol. The van der Waals surface area contributed by atoms with E-state index in [2.05, 4.69) is 39.8 Å². The summed E-state index contributed by atoms with van der Waals surface area (Å²) >= 11 is 0. The van der Waals surface area contributed by atoms with E-state index in [0.717, 1.165) is 24.7 Å². The second kappa shape index (κ2) is 5.54. The predicted molar refractivity (Wildman–Crippen MR) is 80.7 cm³/mol. The standard InChI is InChI=1S/C17H27NO/c1-12-8-15(10-17(3,4)18)16(9-13(12)2)19-11-14-6-5-7-14/h8-9,14H,5-7,10-11,18H2,1-4H3. The normalized spacial score (nSPS) is 16.3. The van der Waals surface area contributed by atoms with Crippen molar-refractivity contribution >= 4 is 0 Å². The molecule has 0 radical (unpaired) electrons. The SMILES string of the molecule is Cc1cc(CC(C)(C)N)c(OCC2CCC2)cc1C. The number of nitrogens with two attached hydrogens (primary N) is 1. The Morgan fingerprint density at radius 2 is 1.84 bits per heavy atom. The minimum atomic E-state index is -0.198. The highest BCUT2D eigenvalue weighted by molar-refractivity contribution is 5.42. The summed E-state index contributed by atoms with van der Waals surface area (Å²) in [6.45, 7) is 9.29. The maximum atomic E-state index is 6.16. The van der Waals surface area contributed by atoms with Crippen LogP contribution in [0.5, 0.6) is 5.75 Å².